The number of aromatic nitrogens is 4. The minimum absolute atomic E-state index is 0.0747. The molecule has 0 aliphatic carbocycles. The van der Waals surface area contributed by atoms with Crippen LogP contribution in [0.1, 0.15) is 57.2 Å². The van der Waals surface area contributed by atoms with Gasteiger partial charge in [0.2, 0.25) is 5.91 Å². The summed E-state index contributed by atoms with van der Waals surface area (Å²) in [5.74, 6) is 1.46. The van der Waals surface area contributed by atoms with Gasteiger partial charge in [-0.15, -0.1) is 0 Å². The van der Waals surface area contributed by atoms with Crippen LogP contribution in [-0.2, 0) is 9.53 Å². The maximum atomic E-state index is 12.6. The van der Waals surface area contributed by atoms with E-state index in [2.05, 4.69) is 104 Å². The van der Waals surface area contributed by atoms with E-state index in [9.17, 15) is 9.59 Å². The smallest absolute Gasteiger partial charge is 0.407 e. The van der Waals surface area contributed by atoms with Crippen molar-refractivity contribution in [3.63, 3.8) is 0 Å². The molecule has 0 unspecified atom stereocenters. The molecule has 1 fully saturated rings. The molecule has 0 saturated carbocycles. The number of imidazole rings is 2. The SMILES string of the molecule is C=C(CCCNC(=O)[C@@H](NC(=O)OC)C(C)C)c1nc2ccc(-c3ccc4cc(-c5ccc6nc([C@@H]7CCCN7)[nH]c6c5)ccc4c3)cc2[nH]1. The van der Waals surface area contributed by atoms with Crippen LogP contribution in [0.25, 0.3) is 60.7 Å². The van der Waals surface area contributed by atoms with Crippen LogP contribution >= 0.6 is 0 Å². The molecule has 5 N–H and O–H groups in total. The third-order valence-corrected chi connectivity index (χ3v) is 9.58. The Labute approximate surface area is 291 Å². The maximum Gasteiger partial charge on any atom is 0.407 e. The lowest BCUT2D eigenvalue weighted by Gasteiger charge is -2.20. The van der Waals surface area contributed by atoms with Gasteiger partial charge in [0.1, 0.15) is 17.7 Å². The van der Waals surface area contributed by atoms with E-state index in [1.54, 1.807) is 0 Å². The molecule has 4 aromatic carbocycles. The molecule has 1 saturated heterocycles. The van der Waals surface area contributed by atoms with Crippen molar-refractivity contribution in [2.24, 2.45) is 5.92 Å². The van der Waals surface area contributed by atoms with Gasteiger partial charge in [-0.2, -0.15) is 0 Å². The summed E-state index contributed by atoms with van der Waals surface area (Å²) in [6.07, 6.45) is 3.03. The summed E-state index contributed by atoms with van der Waals surface area (Å²) in [7, 11) is 1.28. The number of amides is 2. The molecule has 3 heterocycles. The number of allylic oxidation sites excluding steroid dienone is 1. The summed E-state index contributed by atoms with van der Waals surface area (Å²) in [6, 6.07) is 25.6. The molecule has 256 valence electrons. The molecule has 1 aliphatic heterocycles. The Bertz CT molecular complexity index is 2210. The molecular weight excluding hydrogens is 626 g/mol. The van der Waals surface area contributed by atoms with Crippen molar-refractivity contribution >= 4 is 50.4 Å². The monoisotopic (exact) mass is 669 g/mol. The number of fused-ring (bicyclic) bond motifs is 3. The Morgan fingerprint density at radius 1 is 0.880 bits per heavy atom. The Morgan fingerprint density at radius 2 is 1.50 bits per heavy atom. The predicted octanol–water partition coefficient (Wildman–Crippen LogP) is 7.64. The molecule has 7 rings (SSSR count). The van der Waals surface area contributed by atoms with E-state index in [4.69, 9.17) is 9.97 Å². The second-order valence-electron chi connectivity index (χ2n) is 13.5. The highest BCUT2D eigenvalue weighted by atomic mass is 16.5. The Kier molecular flexibility index (Phi) is 9.36. The molecule has 10 nitrogen and oxygen atoms in total. The first-order valence-electron chi connectivity index (χ1n) is 17.3. The fraction of sp³-hybridized carbons (Fsp3) is 0.300. The number of nitrogens with zero attached hydrogens (tertiary/aromatic N) is 2. The van der Waals surface area contributed by atoms with Gasteiger partial charge in [0.05, 0.1) is 35.2 Å². The highest BCUT2D eigenvalue weighted by Gasteiger charge is 2.24. The summed E-state index contributed by atoms with van der Waals surface area (Å²) in [5, 5.41) is 11.4. The van der Waals surface area contributed by atoms with Crippen LogP contribution in [0.2, 0.25) is 0 Å². The molecule has 6 aromatic rings. The van der Waals surface area contributed by atoms with E-state index in [1.807, 2.05) is 19.9 Å². The van der Waals surface area contributed by atoms with Gasteiger partial charge in [-0.05, 0) is 113 Å². The van der Waals surface area contributed by atoms with Gasteiger partial charge in [-0.1, -0.05) is 56.8 Å². The standard InChI is InChI=1S/C40H43N7O3/c1-23(2)36(47-40(49)50-4)39(48)42-18-5-7-24(3)37-43-31-15-13-29(21-34(31)45-37)27-11-9-26-20-28(12-10-25(26)19-27)30-14-16-32-35(22-30)46-38(44-32)33-8-6-17-41-33/h9-16,19-23,33,36,41H,3,5-8,17-18H2,1-2,4H3,(H,42,48)(H,43,45)(H,44,46)(H,47,49)/t33-,36-/m0/s1. The predicted molar refractivity (Wildman–Crippen MR) is 200 cm³/mol. The minimum Gasteiger partial charge on any atom is -0.453 e. The molecule has 10 heteroatoms. The van der Waals surface area contributed by atoms with Crippen LogP contribution in [0.3, 0.4) is 0 Å². The fourth-order valence-electron chi connectivity index (χ4n) is 6.72. The molecule has 1 aliphatic rings. The first-order valence-corrected chi connectivity index (χ1v) is 17.3. The van der Waals surface area contributed by atoms with Crippen LogP contribution in [0.15, 0.2) is 79.4 Å². The molecule has 2 amide bonds. The third-order valence-electron chi connectivity index (χ3n) is 9.58. The zero-order chi connectivity index (χ0) is 34.8. The summed E-state index contributed by atoms with van der Waals surface area (Å²) in [5.41, 5.74) is 9.32. The lowest BCUT2D eigenvalue weighted by molar-refractivity contribution is -0.124. The number of carbonyl (C=O) groups excluding carboxylic acids is 2. The summed E-state index contributed by atoms with van der Waals surface area (Å²) < 4.78 is 4.64. The molecule has 0 radical (unpaired) electrons. The second-order valence-corrected chi connectivity index (χ2v) is 13.5. The average molecular weight is 670 g/mol. The molecule has 50 heavy (non-hydrogen) atoms. The number of hydrogen-bond acceptors (Lipinski definition) is 6. The molecule has 0 bridgehead atoms. The molecule has 0 spiro atoms. The van der Waals surface area contributed by atoms with Crippen molar-refractivity contribution in [2.45, 2.75) is 51.6 Å². The first kappa shape index (κ1) is 33.0. The van der Waals surface area contributed by atoms with Gasteiger partial charge >= 0.3 is 6.09 Å². The van der Waals surface area contributed by atoms with Gasteiger partial charge in [0.25, 0.3) is 0 Å². The Balaban J connectivity index is 1.00. The number of H-pyrrole nitrogens is 2. The Morgan fingerprint density at radius 3 is 2.12 bits per heavy atom. The summed E-state index contributed by atoms with van der Waals surface area (Å²) >= 11 is 0. The zero-order valence-electron chi connectivity index (χ0n) is 28.7. The lowest BCUT2D eigenvalue weighted by Crippen LogP contribution is -2.49. The lowest BCUT2D eigenvalue weighted by atomic mass is 9.97. The number of rotatable bonds is 11. The van der Waals surface area contributed by atoms with Crippen LogP contribution in [0.5, 0.6) is 0 Å². The normalized spacial score (nSPS) is 15.2. The van der Waals surface area contributed by atoms with Crippen LogP contribution < -0.4 is 16.0 Å². The average Bonchev–Trinajstić information content (AvgIpc) is 3.91. The highest BCUT2D eigenvalue weighted by molar-refractivity contribution is 5.93. The van der Waals surface area contributed by atoms with Gasteiger partial charge < -0.3 is 30.7 Å². The van der Waals surface area contributed by atoms with E-state index in [0.29, 0.717) is 25.4 Å². The first-order chi connectivity index (χ1) is 24.2. The van der Waals surface area contributed by atoms with Gasteiger partial charge in [0, 0.05) is 6.54 Å². The van der Waals surface area contributed by atoms with Crippen molar-refractivity contribution in [3.8, 4) is 22.3 Å². The summed E-state index contributed by atoms with van der Waals surface area (Å²) in [6.45, 7) is 9.49. The number of ether oxygens (including phenoxy) is 1. The van der Waals surface area contributed by atoms with E-state index in [0.717, 1.165) is 68.9 Å². The van der Waals surface area contributed by atoms with Crippen LogP contribution in [-0.4, -0.2) is 58.2 Å². The molecular formula is C40H43N7O3. The number of nitrogens with one attached hydrogen (secondary N) is 5. The van der Waals surface area contributed by atoms with E-state index in [-0.39, 0.29) is 11.8 Å². The maximum absolute atomic E-state index is 12.6. The quantitative estimate of drug-likeness (QED) is 0.0900. The number of alkyl carbamates (subject to hydrolysis) is 1. The van der Waals surface area contributed by atoms with Crippen molar-refractivity contribution in [3.05, 3.63) is 91.0 Å². The second kappa shape index (κ2) is 14.2. The largest absolute Gasteiger partial charge is 0.453 e. The van der Waals surface area contributed by atoms with Crippen molar-refractivity contribution < 1.29 is 14.3 Å². The highest BCUT2D eigenvalue weighted by Crippen LogP contribution is 2.32. The number of hydrogen-bond donors (Lipinski definition) is 5. The van der Waals surface area contributed by atoms with E-state index >= 15 is 0 Å². The topological polar surface area (TPSA) is 137 Å². The number of aromatic amines is 2. The summed E-state index contributed by atoms with van der Waals surface area (Å²) in [4.78, 5) is 40.8. The van der Waals surface area contributed by atoms with E-state index in [1.165, 1.54) is 29.9 Å². The fourth-order valence-corrected chi connectivity index (χ4v) is 6.72. The Hall–Kier alpha value is -5.48. The van der Waals surface area contributed by atoms with Gasteiger partial charge in [-0.3, -0.25) is 4.79 Å². The van der Waals surface area contributed by atoms with Crippen molar-refractivity contribution in [1.29, 1.82) is 0 Å². The number of benzene rings is 4. The van der Waals surface area contributed by atoms with Crippen molar-refractivity contribution in [1.82, 2.24) is 35.9 Å². The van der Waals surface area contributed by atoms with E-state index < -0.39 is 12.1 Å². The van der Waals surface area contributed by atoms with Crippen LogP contribution in [0.4, 0.5) is 4.79 Å². The number of methoxy groups -OCH3 is 1. The molecule has 2 atom stereocenters. The minimum atomic E-state index is -0.661. The van der Waals surface area contributed by atoms with Gasteiger partial charge in [-0.25, -0.2) is 14.8 Å². The van der Waals surface area contributed by atoms with Crippen LogP contribution in [0, 0.1) is 5.92 Å². The van der Waals surface area contributed by atoms with Gasteiger partial charge in [0.15, 0.2) is 0 Å². The zero-order valence-corrected chi connectivity index (χ0v) is 28.7. The number of carbonyl (C=O) groups is 2. The third kappa shape index (κ3) is 6.97. The molecule has 2 aromatic heterocycles. The van der Waals surface area contributed by atoms with Crippen molar-refractivity contribution in [2.75, 3.05) is 20.2 Å².